The Hall–Kier alpha value is -0.0400. The summed E-state index contributed by atoms with van der Waals surface area (Å²) >= 11 is 0. The Kier molecular flexibility index (Phi) is 5.98. The van der Waals surface area contributed by atoms with Crippen LogP contribution < -0.4 is 0 Å². The number of hydrogen-bond donors (Lipinski definition) is 1. The maximum Gasteiger partial charge on any atom is 0.0576 e. The van der Waals surface area contributed by atoms with Crippen LogP contribution in [0.1, 0.15) is 112 Å². The minimum Gasteiger partial charge on any atom is -0.393 e. The van der Waals surface area contributed by atoms with Crippen molar-refractivity contribution in [2.24, 2.45) is 52.3 Å². The van der Waals surface area contributed by atoms with Crippen LogP contribution in [0.4, 0.5) is 0 Å². The molecule has 0 aromatic carbocycles. The molecule has 0 bridgehead atoms. The van der Waals surface area contributed by atoms with Crippen molar-refractivity contribution >= 4 is 0 Å². The topological polar surface area (TPSA) is 20.2 Å². The fourth-order valence-electron chi connectivity index (χ4n) is 9.38. The van der Waals surface area contributed by atoms with Gasteiger partial charge in [-0.2, -0.15) is 0 Å². The van der Waals surface area contributed by atoms with E-state index >= 15 is 0 Å². The summed E-state index contributed by atoms with van der Waals surface area (Å²) in [7, 11) is 0. The van der Waals surface area contributed by atoms with Crippen LogP contribution in [-0.4, -0.2) is 11.2 Å². The summed E-state index contributed by atoms with van der Waals surface area (Å²) in [5, 5.41) is 11.2. The summed E-state index contributed by atoms with van der Waals surface area (Å²) in [6.07, 6.45) is 16.6. The maximum atomic E-state index is 11.2. The summed E-state index contributed by atoms with van der Waals surface area (Å²) in [6.45, 7) is 12.6. The monoisotopic (exact) mass is 388 g/mol. The minimum atomic E-state index is -0.0172. The van der Waals surface area contributed by atoms with Crippen molar-refractivity contribution in [1.82, 2.24) is 0 Å². The molecule has 4 aliphatic carbocycles. The predicted octanol–water partition coefficient (Wildman–Crippen LogP) is 7.47. The van der Waals surface area contributed by atoms with Gasteiger partial charge in [-0.05, 0) is 97.2 Å². The van der Waals surface area contributed by atoms with Gasteiger partial charge in [0.1, 0.15) is 0 Å². The Morgan fingerprint density at radius 1 is 0.821 bits per heavy atom. The summed E-state index contributed by atoms with van der Waals surface area (Å²) in [5.74, 6) is 5.85. The third-order valence-corrected chi connectivity index (χ3v) is 10.8. The second-order valence-electron chi connectivity index (χ2n) is 12.6. The highest BCUT2D eigenvalue weighted by molar-refractivity contribution is 5.10. The molecule has 0 saturated heterocycles. The van der Waals surface area contributed by atoms with Crippen LogP contribution in [0.5, 0.6) is 0 Å². The van der Waals surface area contributed by atoms with Gasteiger partial charge in [0, 0.05) is 0 Å². The molecular weight excluding hydrogens is 340 g/mol. The summed E-state index contributed by atoms with van der Waals surface area (Å²) in [6, 6.07) is 0. The first-order valence-electron chi connectivity index (χ1n) is 13.0. The molecule has 1 N–H and O–H groups in total. The third-order valence-electron chi connectivity index (χ3n) is 10.8. The van der Waals surface area contributed by atoms with Crippen LogP contribution in [0.3, 0.4) is 0 Å². The van der Waals surface area contributed by atoms with E-state index in [0.29, 0.717) is 16.7 Å². The van der Waals surface area contributed by atoms with Gasteiger partial charge in [-0.25, -0.2) is 0 Å². The first-order chi connectivity index (χ1) is 13.3. The molecule has 0 spiro atoms. The van der Waals surface area contributed by atoms with Crippen molar-refractivity contribution in [1.29, 1.82) is 0 Å². The highest BCUT2D eigenvalue weighted by Gasteiger charge is 2.61. The van der Waals surface area contributed by atoms with Crippen LogP contribution >= 0.6 is 0 Å². The zero-order valence-electron chi connectivity index (χ0n) is 19.6. The molecular formula is C27H48O. The average Bonchev–Trinajstić information content (AvgIpc) is 2.99. The number of hydrogen-bond acceptors (Lipinski definition) is 1. The Morgan fingerprint density at radius 2 is 1.57 bits per heavy atom. The third kappa shape index (κ3) is 3.40. The Labute approximate surface area is 175 Å². The van der Waals surface area contributed by atoms with Crippen molar-refractivity contribution in [3.8, 4) is 0 Å². The molecule has 4 saturated carbocycles. The average molecular weight is 389 g/mol. The predicted molar refractivity (Wildman–Crippen MR) is 119 cm³/mol. The van der Waals surface area contributed by atoms with Crippen LogP contribution in [0.15, 0.2) is 0 Å². The van der Waals surface area contributed by atoms with E-state index in [4.69, 9.17) is 0 Å². The number of aliphatic hydroxyl groups excluding tert-OH is 1. The van der Waals surface area contributed by atoms with Crippen LogP contribution in [0.2, 0.25) is 0 Å². The Morgan fingerprint density at radius 3 is 2.32 bits per heavy atom. The Balaban J connectivity index is 1.49. The molecule has 1 nitrogen and oxygen atoms in total. The lowest BCUT2D eigenvalue weighted by Crippen LogP contribution is -2.57. The van der Waals surface area contributed by atoms with Crippen molar-refractivity contribution in [2.45, 2.75) is 118 Å². The zero-order chi connectivity index (χ0) is 20.1. The van der Waals surface area contributed by atoms with E-state index in [-0.39, 0.29) is 6.10 Å². The van der Waals surface area contributed by atoms with Crippen molar-refractivity contribution < 1.29 is 5.11 Å². The van der Waals surface area contributed by atoms with E-state index in [1.165, 1.54) is 70.6 Å². The quantitative estimate of drug-likeness (QED) is 0.518. The zero-order valence-corrected chi connectivity index (χ0v) is 19.6. The van der Waals surface area contributed by atoms with Gasteiger partial charge < -0.3 is 5.11 Å². The van der Waals surface area contributed by atoms with Crippen LogP contribution in [-0.2, 0) is 0 Å². The summed E-state index contributed by atoms with van der Waals surface area (Å²) in [4.78, 5) is 0. The lowest BCUT2D eigenvalue weighted by molar-refractivity contribution is -0.159. The molecule has 0 heterocycles. The number of fused-ring (bicyclic) bond motifs is 5. The molecule has 0 amide bonds. The van der Waals surface area contributed by atoms with Gasteiger partial charge in [-0.3, -0.25) is 0 Å². The minimum absolute atomic E-state index is 0.0172. The van der Waals surface area contributed by atoms with Crippen molar-refractivity contribution in [3.63, 3.8) is 0 Å². The second-order valence-corrected chi connectivity index (χ2v) is 12.6. The van der Waals surface area contributed by atoms with Gasteiger partial charge in [-0.1, -0.05) is 66.7 Å². The second kappa shape index (κ2) is 7.90. The lowest BCUT2D eigenvalue weighted by Gasteiger charge is -2.62. The van der Waals surface area contributed by atoms with Crippen LogP contribution in [0.25, 0.3) is 0 Å². The van der Waals surface area contributed by atoms with Gasteiger partial charge in [0.2, 0.25) is 0 Å². The first kappa shape index (κ1) is 21.2. The van der Waals surface area contributed by atoms with Gasteiger partial charge in [0.25, 0.3) is 0 Å². The van der Waals surface area contributed by atoms with E-state index in [2.05, 4.69) is 34.6 Å². The van der Waals surface area contributed by atoms with E-state index in [1.54, 1.807) is 0 Å². The highest BCUT2D eigenvalue weighted by Crippen LogP contribution is 2.68. The van der Waals surface area contributed by atoms with E-state index in [1.807, 2.05) is 0 Å². The van der Waals surface area contributed by atoms with Gasteiger partial charge >= 0.3 is 0 Å². The Bertz CT molecular complexity index is 540. The number of rotatable bonds is 5. The molecule has 0 aliphatic heterocycles. The SMILES string of the molecule is CC(C)CCCC(C)C1CCC2C3CC(O)C4CCCC[C@]4(C)C3CC[C@]12C. The molecule has 28 heavy (non-hydrogen) atoms. The standard InChI is InChI=1S/C27H48O/c1-18(2)9-8-10-19(3)21-12-13-22-20-17-25(28)24-11-6-7-15-26(24,4)23(20)14-16-27(21,22)5/h18-25,28H,6-17H2,1-5H3/t19?,20?,21?,22?,23?,24?,25?,26-,27-/m1/s1. The molecule has 1 heteroatoms. The van der Waals surface area contributed by atoms with Gasteiger partial charge in [0.05, 0.1) is 6.10 Å². The molecule has 162 valence electrons. The van der Waals surface area contributed by atoms with Gasteiger partial charge in [-0.15, -0.1) is 0 Å². The lowest BCUT2D eigenvalue weighted by atomic mass is 9.44. The normalized spacial score (nSPS) is 49.4. The smallest absolute Gasteiger partial charge is 0.0576 e. The molecule has 0 aromatic heterocycles. The van der Waals surface area contributed by atoms with E-state index < -0.39 is 0 Å². The largest absolute Gasteiger partial charge is 0.393 e. The fourth-order valence-corrected chi connectivity index (χ4v) is 9.38. The van der Waals surface area contributed by atoms with E-state index in [9.17, 15) is 5.11 Å². The fraction of sp³-hybridized carbons (Fsp3) is 1.00. The molecule has 0 radical (unpaired) electrons. The summed E-state index contributed by atoms with van der Waals surface area (Å²) in [5.41, 5.74) is 0.985. The molecule has 9 atom stereocenters. The van der Waals surface area contributed by atoms with E-state index in [0.717, 1.165) is 41.9 Å². The number of aliphatic hydroxyl groups is 1. The maximum absolute atomic E-state index is 11.2. The van der Waals surface area contributed by atoms with Crippen LogP contribution in [0, 0.1) is 52.3 Å². The molecule has 7 unspecified atom stereocenters. The van der Waals surface area contributed by atoms with Gasteiger partial charge in [0.15, 0.2) is 0 Å². The van der Waals surface area contributed by atoms with Crippen molar-refractivity contribution in [2.75, 3.05) is 0 Å². The molecule has 4 rings (SSSR count). The van der Waals surface area contributed by atoms with Crippen molar-refractivity contribution in [3.05, 3.63) is 0 Å². The molecule has 4 fully saturated rings. The summed E-state index contributed by atoms with van der Waals surface area (Å²) < 4.78 is 0. The molecule has 4 aliphatic rings. The highest BCUT2D eigenvalue weighted by atomic mass is 16.3. The first-order valence-corrected chi connectivity index (χ1v) is 13.0. The molecule has 0 aromatic rings.